The Morgan fingerprint density at radius 2 is 1.20 bits per heavy atom. The van der Waals surface area contributed by atoms with Gasteiger partial charge in [-0.3, -0.25) is 9.59 Å². The van der Waals surface area contributed by atoms with Crippen molar-refractivity contribution in [3.8, 4) is 0 Å². The van der Waals surface area contributed by atoms with Gasteiger partial charge in [0, 0.05) is 20.3 Å². The number of hydrogen-bond acceptors (Lipinski definition) is 11. The predicted molar refractivity (Wildman–Crippen MR) is 153 cm³/mol. The van der Waals surface area contributed by atoms with Crippen LogP contribution >= 0.6 is 0 Å². The Morgan fingerprint density at radius 3 is 1.68 bits per heavy atom. The molecule has 2 aromatic rings. The fourth-order valence-corrected chi connectivity index (χ4v) is 7.89. The van der Waals surface area contributed by atoms with Crippen LogP contribution in [-0.4, -0.2) is 81.4 Å². The number of aliphatic hydroxyl groups excluding tert-OH is 1. The lowest BCUT2D eigenvalue weighted by Crippen LogP contribution is -2.83. The smallest absolute Gasteiger partial charge is 0.338 e. The summed E-state index contributed by atoms with van der Waals surface area (Å²) in [6.45, 7) is 8.68. The number of carbonyl (C=O) groups is 4. The minimum Gasteiger partial charge on any atom is -0.459 e. The van der Waals surface area contributed by atoms with Gasteiger partial charge >= 0.3 is 23.9 Å². The average Bonchev–Trinajstić information content (AvgIpc) is 3.16. The van der Waals surface area contributed by atoms with Crippen LogP contribution in [0.5, 0.6) is 0 Å². The number of hydrogen-bond donors (Lipinski definition) is 2. The highest BCUT2D eigenvalue weighted by molar-refractivity contribution is 5.90. The fraction of sp³-hybridized carbons (Fsp3) is 0.515. The van der Waals surface area contributed by atoms with Crippen LogP contribution < -0.4 is 0 Å². The van der Waals surface area contributed by atoms with Gasteiger partial charge in [0.15, 0.2) is 6.10 Å². The molecule has 11 nitrogen and oxygen atoms in total. The van der Waals surface area contributed by atoms with E-state index in [1.54, 1.807) is 74.5 Å². The third-order valence-corrected chi connectivity index (χ3v) is 9.43. The molecule has 44 heavy (non-hydrogen) atoms. The van der Waals surface area contributed by atoms with E-state index in [1.165, 1.54) is 20.8 Å². The second-order valence-electron chi connectivity index (χ2n) is 12.8. The van der Waals surface area contributed by atoms with E-state index < -0.39 is 82.5 Å². The summed E-state index contributed by atoms with van der Waals surface area (Å²) in [7, 11) is 0. The molecular weight excluding hydrogens is 572 g/mol. The molecule has 2 N–H and O–H groups in total. The second-order valence-corrected chi connectivity index (χ2v) is 12.8. The van der Waals surface area contributed by atoms with E-state index in [0.717, 1.165) is 6.92 Å². The Kier molecular flexibility index (Phi) is 7.89. The molecule has 9 atom stereocenters. The molecule has 0 amide bonds. The first-order valence-electron chi connectivity index (χ1n) is 14.5. The van der Waals surface area contributed by atoms with Gasteiger partial charge in [-0.15, -0.1) is 0 Å². The summed E-state index contributed by atoms with van der Waals surface area (Å²) in [5.41, 5.74) is -6.62. The van der Waals surface area contributed by atoms with Gasteiger partial charge < -0.3 is 33.9 Å². The highest BCUT2D eigenvalue weighted by Crippen LogP contribution is 2.69. The van der Waals surface area contributed by atoms with Gasteiger partial charge in [-0.25, -0.2) is 9.59 Å². The third-order valence-electron chi connectivity index (χ3n) is 9.43. The zero-order valence-electron chi connectivity index (χ0n) is 25.5. The first-order valence-corrected chi connectivity index (χ1v) is 14.5. The fourth-order valence-electron chi connectivity index (χ4n) is 7.89. The highest BCUT2D eigenvalue weighted by atomic mass is 16.6. The SMILES string of the molecule is CC(=O)O[C@@H]1[C@@H]2[C@@H](OC(=O)c3ccccc3)[C@@]3(OC2(C)C)[C@](C)([C@@H]1OC(=O)c1ccccc1)[C@@H](OC(C)=O)[C@@H](O)C[C@]3(C)O. The van der Waals surface area contributed by atoms with Gasteiger partial charge in [-0.05, 0) is 52.0 Å². The number of esters is 4. The van der Waals surface area contributed by atoms with E-state index >= 15 is 0 Å². The van der Waals surface area contributed by atoms with E-state index in [-0.39, 0.29) is 17.5 Å². The summed E-state index contributed by atoms with van der Waals surface area (Å²) in [5.74, 6) is -4.00. The molecule has 1 heterocycles. The molecule has 2 bridgehead atoms. The maximum atomic E-state index is 13.6. The number of ether oxygens (including phenoxy) is 5. The molecule has 5 rings (SSSR count). The molecule has 2 aromatic carbocycles. The van der Waals surface area contributed by atoms with Crippen molar-refractivity contribution in [1.29, 1.82) is 0 Å². The summed E-state index contributed by atoms with van der Waals surface area (Å²) in [5, 5.41) is 23.7. The molecule has 0 unspecified atom stereocenters. The molecule has 1 aliphatic heterocycles. The first-order chi connectivity index (χ1) is 20.6. The maximum Gasteiger partial charge on any atom is 0.338 e. The molecule has 1 saturated heterocycles. The molecule has 1 spiro atoms. The van der Waals surface area contributed by atoms with Gasteiger partial charge in [-0.2, -0.15) is 0 Å². The number of fused-ring (bicyclic) bond motifs is 1. The van der Waals surface area contributed by atoms with E-state index in [1.807, 2.05) is 0 Å². The van der Waals surface area contributed by atoms with Gasteiger partial charge in [0.2, 0.25) is 0 Å². The van der Waals surface area contributed by atoms with Crippen molar-refractivity contribution in [3.63, 3.8) is 0 Å². The quantitative estimate of drug-likeness (QED) is 0.366. The van der Waals surface area contributed by atoms with Crippen LogP contribution in [0.4, 0.5) is 0 Å². The summed E-state index contributed by atoms with van der Waals surface area (Å²) in [4.78, 5) is 52.5. The zero-order valence-corrected chi connectivity index (χ0v) is 25.5. The largest absolute Gasteiger partial charge is 0.459 e. The summed E-state index contributed by atoms with van der Waals surface area (Å²) >= 11 is 0. The van der Waals surface area contributed by atoms with Crippen molar-refractivity contribution in [2.75, 3.05) is 0 Å². The highest BCUT2D eigenvalue weighted by Gasteiger charge is 2.86. The van der Waals surface area contributed by atoms with Crippen molar-refractivity contribution in [2.45, 2.75) is 95.3 Å². The Bertz CT molecular complexity index is 1440. The second kappa shape index (κ2) is 11.0. The van der Waals surface area contributed by atoms with E-state index in [0.29, 0.717) is 0 Å². The van der Waals surface area contributed by atoms with E-state index in [9.17, 15) is 29.4 Å². The normalized spacial score (nSPS) is 36.8. The van der Waals surface area contributed by atoms with Crippen molar-refractivity contribution in [2.24, 2.45) is 11.3 Å². The topological polar surface area (TPSA) is 155 Å². The average molecular weight is 611 g/mol. The number of carbonyl (C=O) groups excluding carboxylic acids is 4. The van der Waals surface area contributed by atoms with Crippen LogP contribution in [0, 0.1) is 11.3 Å². The van der Waals surface area contributed by atoms with Crippen molar-refractivity contribution in [1.82, 2.24) is 0 Å². The van der Waals surface area contributed by atoms with Crippen LogP contribution in [0.1, 0.15) is 68.7 Å². The maximum absolute atomic E-state index is 13.6. The van der Waals surface area contributed by atoms with Gasteiger partial charge in [0.25, 0.3) is 0 Å². The minimum atomic E-state index is -1.95. The zero-order chi connectivity index (χ0) is 32.2. The summed E-state index contributed by atoms with van der Waals surface area (Å²) < 4.78 is 30.8. The molecular formula is C33H38O11. The van der Waals surface area contributed by atoms with Crippen LogP contribution in [-0.2, 0) is 33.3 Å². The monoisotopic (exact) mass is 610 g/mol. The van der Waals surface area contributed by atoms with Gasteiger partial charge in [-0.1, -0.05) is 36.4 Å². The molecule has 0 aromatic heterocycles. The lowest BCUT2D eigenvalue weighted by Gasteiger charge is -2.65. The van der Waals surface area contributed by atoms with Crippen molar-refractivity contribution >= 4 is 23.9 Å². The van der Waals surface area contributed by atoms with Crippen LogP contribution in [0.3, 0.4) is 0 Å². The van der Waals surface area contributed by atoms with Crippen molar-refractivity contribution in [3.05, 3.63) is 71.8 Å². The Balaban J connectivity index is 1.77. The van der Waals surface area contributed by atoms with E-state index in [4.69, 9.17) is 23.7 Å². The first kappa shape index (κ1) is 31.6. The summed E-state index contributed by atoms with van der Waals surface area (Å²) in [6, 6.07) is 16.3. The minimum absolute atomic E-state index is 0.184. The third kappa shape index (κ3) is 4.78. The number of rotatable bonds is 6. The predicted octanol–water partition coefficient (Wildman–Crippen LogP) is 3.00. The molecule has 3 aliphatic rings. The summed E-state index contributed by atoms with van der Waals surface area (Å²) in [6.07, 6.45) is -7.40. The van der Waals surface area contributed by atoms with Gasteiger partial charge in [0.1, 0.15) is 23.9 Å². The van der Waals surface area contributed by atoms with Crippen molar-refractivity contribution < 1.29 is 53.1 Å². The molecule has 2 saturated carbocycles. The van der Waals surface area contributed by atoms with Crippen LogP contribution in [0.15, 0.2) is 60.7 Å². The lowest BCUT2D eigenvalue weighted by atomic mass is 9.46. The number of aliphatic hydroxyl groups is 2. The Hall–Kier alpha value is -3.80. The Morgan fingerprint density at radius 1 is 0.727 bits per heavy atom. The molecule has 0 radical (unpaired) electrons. The molecule has 11 heteroatoms. The van der Waals surface area contributed by atoms with Gasteiger partial charge in [0.05, 0.1) is 39.8 Å². The molecule has 3 fully saturated rings. The standard InChI is InChI=1S/C33H38O11/c1-18(34)40-24-23-26(42-28(37)20-13-9-7-10-14-20)33(44-30(23,3)4)31(5,39)17-22(36)25(41-19(2)35)32(33,6)27(24)43-29(38)21-15-11-8-12-16-21/h7-16,22-27,36,39H,17H2,1-6H3/t22-,23+,24+,25-,26+,27+,31-,32-,33-/m0/s1. The number of benzene rings is 2. The Labute approximate surface area is 255 Å². The lowest BCUT2D eigenvalue weighted by molar-refractivity contribution is -0.350. The molecule has 236 valence electrons. The molecule has 2 aliphatic carbocycles. The van der Waals surface area contributed by atoms with E-state index in [2.05, 4.69) is 0 Å². The van der Waals surface area contributed by atoms with Crippen LogP contribution in [0.2, 0.25) is 0 Å². The van der Waals surface area contributed by atoms with Crippen LogP contribution in [0.25, 0.3) is 0 Å².